The third-order valence-corrected chi connectivity index (χ3v) is 0.954. The molecule has 0 aromatic heterocycles. The van der Waals surface area contributed by atoms with E-state index in [1.54, 1.807) is 0 Å². The fourth-order valence-corrected chi connectivity index (χ4v) is 0.384. The van der Waals surface area contributed by atoms with Crippen molar-refractivity contribution in [1.29, 1.82) is 0 Å². The lowest BCUT2D eigenvalue weighted by molar-refractivity contribution is -0.139. The van der Waals surface area contributed by atoms with Crippen molar-refractivity contribution in [1.82, 2.24) is 0 Å². The van der Waals surface area contributed by atoms with Gasteiger partial charge in [0, 0.05) is 15.7 Å². The molecule has 0 heterocycles. The first-order chi connectivity index (χ1) is 5.52. The van der Waals surface area contributed by atoms with Gasteiger partial charge in [0.15, 0.2) is 0 Å². The zero-order valence-corrected chi connectivity index (χ0v) is 9.54. The summed E-state index contributed by atoms with van der Waals surface area (Å²) < 4.78 is 4.66. The zero-order chi connectivity index (χ0) is 9.56. The second kappa shape index (κ2) is 6.00. The minimum Gasteiger partial charge on any atom is -0.461 e. The Morgan fingerprint density at radius 1 is 1.58 bits per heavy atom. The van der Waals surface area contributed by atoms with Crippen molar-refractivity contribution in [2.75, 3.05) is 6.61 Å². The molecule has 0 unspecified atom stereocenters. The van der Waals surface area contributed by atoms with Crippen LogP contribution in [-0.4, -0.2) is 21.4 Å². The molecule has 0 N–H and O–H groups in total. The maximum atomic E-state index is 10.1. The summed E-state index contributed by atoms with van der Waals surface area (Å²) in [5, 5.41) is 0. The SMILES string of the molecule is CC(=O)OCC1=CC1.C[SiH](C)C. The standard InChI is InChI=1S/C6H8O2.C3H10Si/c1-5(7)8-4-6-2-3-6;1-4(2)3/h2H,3-4H2,1H3;4H,1-3H3. The van der Waals surface area contributed by atoms with Crippen LogP contribution in [-0.2, 0) is 9.53 Å². The van der Waals surface area contributed by atoms with Gasteiger partial charge in [0.25, 0.3) is 0 Å². The number of hydrogen-bond acceptors (Lipinski definition) is 2. The van der Waals surface area contributed by atoms with Gasteiger partial charge in [0.2, 0.25) is 0 Å². The van der Waals surface area contributed by atoms with Gasteiger partial charge in [-0.15, -0.1) is 0 Å². The number of carbonyl (C=O) groups excluding carboxylic acids is 1. The topological polar surface area (TPSA) is 26.3 Å². The third-order valence-electron chi connectivity index (χ3n) is 0.954. The summed E-state index contributed by atoms with van der Waals surface area (Å²) in [6.45, 7) is 8.85. The lowest BCUT2D eigenvalue weighted by atomic mass is 10.5. The predicted molar refractivity (Wildman–Crippen MR) is 54.1 cm³/mol. The van der Waals surface area contributed by atoms with Gasteiger partial charge < -0.3 is 4.74 Å². The molecule has 0 aromatic carbocycles. The summed E-state index contributed by atoms with van der Waals surface area (Å²) in [7, 11) is -0.139. The molecule has 1 rings (SSSR count). The average molecular weight is 186 g/mol. The molecule has 0 bridgehead atoms. The lowest BCUT2D eigenvalue weighted by Gasteiger charge is -1.93. The molecule has 0 fully saturated rings. The molecule has 0 atom stereocenters. The first kappa shape index (κ1) is 11.4. The summed E-state index contributed by atoms with van der Waals surface area (Å²) in [5.41, 5.74) is 1.24. The van der Waals surface area contributed by atoms with Crippen LogP contribution < -0.4 is 0 Å². The van der Waals surface area contributed by atoms with Crippen LogP contribution in [0.5, 0.6) is 0 Å². The monoisotopic (exact) mass is 186 g/mol. The van der Waals surface area contributed by atoms with Crippen molar-refractivity contribution in [3.8, 4) is 0 Å². The number of allylic oxidation sites excluding steroid dienone is 1. The van der Waals surface area contributed by atoms with Crippen LogP contribution in [0.1, 0.15) is 13.3 Å². The van der Waals surface area contributed by atoms with E-state index in [2.05, 4.69) is 24.4 Å². The highest BCUT2D eigenvalue weighted by atomic mass is 28.3. The highest BCUT2D eigenvalue weighted by Crippen LogP contribution is 2.17. The Hall–Kier alpha value is -0.573. The molecule has 70 valence electrons. The summed E-state index contributed by atoms with van der Waals surface area (Å²) >= 11 is 0. The van der Waals surface area contributed by atoms with Gasteiger partial charge in [-0.2, -0.15) is 0 Å². The van der Waals surface area contributed by atoms with E-state index in [1.165, 1.54) is 12.5 Å². The van der Waals surface area contributed by atoms with Gasteiger partial charge in [0.1, 0.15) is 6.61 Å². The molecule has 1 aliphatic carbocycles. The predicted octanol–water partition coefficient (Wildman–Crippen LogP) is 1.98. The van der Waals surface area contributed by atoms with E-state index < -0.39 is 0 Å². The molecule has 0 aliphatic heterocycles. The van der Waals surface area contributed by atoms with E-state index in [4.69, 9.17) is 0 Å². The Labute approximate surface area is 76.2 Å². The Bertz CT molecular complexity index is 169. The second-order valence-electron chi connectivity index (χ2n) is 3.58. The average Bonchev–Trinajstić information content (AvgIpc) is 2.63. The van der Waals surface area contributed by atoms with E-state index in [-0.39, 0.29) is 14.8 Å². The molecular formula is C9H18O2Si. The number of rotatable bonds is 2. The van der Waals surface area contributed by atoms with Crippen molar-refractivity contribution in [2.45, 2.75) is 33.0 Å². The van der Waals surface area contributed by atoms with Crippen LogP contribution in [0.25, 0.3) is 0 Å². The van der Waals surface area contributed by atoms with Crippen LogP contribution in [0.3, 0.4) is 0 Å². The fraction of sp³-hybridized carbons (Fsp3) is 0.667. The molecule has 0 saturated heterocycles. The summed E-state index contributed by atoms with van der Waals surface area (Å²) in [6, 6.07) is 0. The minimum absolute atomic E-state index is 0.139. The van der Waals surface area contributed by atoms with Gasteiger partial charge in [-0.25, -0.2) is 0 Å². The largest absolute Gasteiger partial charge is 0.461 e. The summed E-state index contributed by atoms with van der Waals surface area (Å²) in [5.74, 6) is -0.196. The lowest BCUT2D eigenvalue weighted by Crippen LogP contribution is -1.98. The van der Waals surface area contributed by atoms with Crippen LogP contribution in [0.15, 0.2) is 11.6 Å². The van der Waals surface area contributed by atoms with E-state index in [0.29, 0.717) is 6.61 Å². The summed E-state index contributed by atoms with van der Waals surface area (Å²) in [4.78, 5) is 10.1. The molecule has 0 amide bonds. The number of hydrogen-bond donors (Lipinski definition) is 0. The Morgan fingerprint density at radius 2 is 2.00 bits per heavy atom. The number of carbonyl (C=O) groups is 1. The quantitative estimate of drug-likeness (QED) is 0.374. The van der Waals surface area contributed by atoms with Gasteiger partial charge in [-0.05, 0) is 12.0 Å². The van der Waals surface area contributed by atoms with Crippen LogP contribution >= 0.6 is 0 Å². The molecule has 0 aromatic rings. The van der Waals surface area contributed by atoms with Crippen molar-refractivity contribution in [3.05, 3.63) is 11.6 Å². The molecule has 2 nitrogen and oxygen atoms in total. The van der Waals surface area contributed by atoms with E-state index in [9.17, 15) is 4.79 Å². The Balaban J connectivity index is 0.000000261. The van der Waals surface area contributed by atoms with Crippen molar-refractivity contribution >= 4 is 14.8 Å². The fourth-order valence-electron chi connectivity index (χ4n) is 0.384. The third kappa shape index (κ3) is 12.1. The number of ether oxygens (including phenoxy) is 1. The van der Waals surface area contributed by atoms with Gasteiger partial charge in [-0.1, -0.05) is 25.7 Å². The van der Waals surface area contributed by atoms with E-state index in [1.807, 2.05) is 6.08 Å². The van der Waals surface area contributed by atoms with Crippen molar-refractivity contribution < 1.29 is 9.53 Å². The zero-order valence-electron chi connectivity index (χ0n) is 8.39. The van der Waals surface area contributed by atoms with E-state index in [0.717, 1.165) is 6.42 Å². The highest BCUT2D eigenvalue weighted by Gasteiger charge is 2.07. The number of esters is 1. The van der Waals surface area contributed by atoms with Crippen LogP contribution in [0.2, 0.25) is 19.6 Å². The molecular weight excluding hydrogens is 168 g/mol. The van der Waals surface area contributed by atoms with Crippen LogP contribution in [0.4, 0.5) is 0 Å². The van der Waals surface area contributed by atoms with Gasteiger partial charge in [-0.3, -0.25) is 4.79 Å². The van der Waals surface area contributed by atoms with Crippen molar-refractivity contribution in [2.24, 2.45) is 0 Å². The minimum atomic E-state index is -0.196. The Kier molecular flexibility index (Phi) is 5.71. The maximum Gasteiger partial charge on any atom is 0.302 e. The maximum absolute atomic E-state index is 10.1. The molecule has 3 heteroatoms. The summed E-state index contributed by atoms with van der Waals surface area (Å²) in [6.07, 6.45) is 3.08. The normalized spacial score (nSPS) is 12.9. The smallest absolute Gasteiger partial charge is 0.302 e. The first-order valence-corrected chi connectivity index (χ1v) is 7.80. The molecule has 0 radical (unpaired) electrons. The first-order valence-electron chi connectivity index (χ1n) is 4.33. The molecule has 1 aliphatic rings. The van der Waals surface area contributed by atoms with Gasteiger partial charge >= 0.3 is 5.97 Å². The van der Waals surface area contributed by atoms with Gasteiger partial charge in [0.05, 0.1) is 0 Å². The Morgan fingerprint density at radius 3 is 2.25 bits per heavy atom. The molecule has 12 heavy (non-hydrogen) atoms. The highest BCUT2D eigenvalue weighted by molar-refractivity contribution is 6.54. The molecule has 0 spiro atoms. The van der Waals surface area contributed by atoms with Crippen molar-refractivity contribution in [3.63, 3.8) is 0 Å². The van der Waals surface area contributed by atoms with E-state index >= 15 is 0 Å². The second-order valence-corrected chi connectivity index (χ2v) is 7.04. The van der Waals surface area contributed by atoms with Crippen LogP contribution in [0, 0.1) is 0 Å². The molecule has 0 saturated carbocycles.